The number of amides is 2. The minimum Gasteiger partial charge on any atom is -0.374 e. The number of hydrogen-bond donors (Lipinski definition) is 1. The van der Waals surface area contributed by atoms with E-state index in [1.807, 2.05) is 0 Å². The molecule has 1 aromatic carbocycles. The molecule has 7 heteroatoms. The molecule has 0 aromatic heterocycles. The van der Waals surface area contributed by atoms with E-state index >= 15 is 0 Å². The average Bonchev–Trinajstić information content (AvgIpc) is 2.72. The van der Waals surface area contributed by atoms with E-state index in [1.165, 1.54) is 24.3 Å². The minimum atomic E-state index is -0.355. The van der Waals surface area contributed by atoms with Crippen LogP contribution in [0.15, 0.2) is 24.3 Å². The van der Waals surface area contributed by atoms with Crippen LogP contribution in [0.5, 0.6) is 0 Å². The predicted octanol–water partition coefficient (Wildman–Crippen LogP) is 2.15. The van der Waals surface area contributed by atoms with Crippen molar-refractivity contribution in [1.82, 2.24) is 15.1 Å². The molecule has 2 saturated heterocycles. The number of rotatable bonds is 6. The summed E-state index contributed by atoms with van der Waals surface area (Å²) in [5.41, 5.74) is 0.481. The first-order valence-electron chi connectivity index (χ1n) is 10.6. The van der Waals surface area contributed by atoms with Gasteiger partial charge in [0, 0.05) is 50.7 Å². The van der Waals surface area contributed by atoms with Gasteiger partial charge < -0.3 is 15.0 Å². The molecule has 160 valence electrons. The van der Waals surface area contributed by atoms with Crippen molar-refractivity contribution in [2.24, 2.45) is 11.8 Å². The normalized spacial score (nSPS) is 21.4. The van der Waals surface area contributed by atoms with E-state index in [4.69, 9.17) is 4.74 Å². The fourth-order valence-electron chi connectivity index (χ4n) is 4.06. The van der Waals surface area contributed by atoms with E-state index in [0.29, 0.717) is 50.6 Å². The maximum absolute atomic E-state index is 13.0. The quantitative estimate of drug-likeness (QED) is 0.788. The zero-order valence-corrected chi connectivity index (χ0v) is 17.4. The number of halogens is 1. The van der Waals surface area contributed by atoms with Gasteiger partial charge in [-0.25, -0.2) is 4.39 Å². The van der Waals surface area contributed by atoms with Gasteiger partial charge in [-0.2, -0.15) is 0 Å². The summed E-state index contributed by atoms with van der Waals surface area (Å²) in [6, 6.07) is 5.60. The van der Waals surface area contributed by atoms with Gasteiger partial charge in [0.15, 0.2) is 0 Å². The number of morpholine rings is 1. The summed E-state index contributed by atoms with van der Waals surface area (Å²) in [5, 5.41) is 3.04. The van der Waals surface area contributed by atoms with Crippen LogP contribution in [0.2, 0.25) is 0 Å². The van der Waals surface area contributed by atoms with Crippen LogP contribution in [-0.4, -0.2) is 73.6 Å². The van der Waals surface area contributed by atoms with Crippen molar-refractivity contribution in [2.75, 3.05) is 45.9 Å². The summed E-state index contributed by atoms with van der Waals surface area (Å²) in [7, 11) is 0. The van der Waals surface area contributed by atoms with Crippen molar-refractivity contribution in [3.63, 3.8) is 0 Å². The lowest BCUT2D eigenvalue weighted by atomic mass is 9.95. The summed E-state index contributed by atoms with van der Waals surface area (Å²) in [6.07, 6.45) is 1.32. The zero-order valence-electron chi connectivity index (χ0n) is 17.4. The Balaban J connectivity index is 1.40. The third-order valence-corrected chi connectivity index (χ3v) is 5.59. The lowest BCUT2D eigenvalue weighted by molar-refractivity contribution is -0.127. The molecule has 0 saturated carbocycles. The highest BCUT2D eigenvalue weighted by Crippen LogP contribution is 2.20. The molecule has 29 heavy (non-hydrogen) atoms. The average molecular weight is 406 g/mol. The van der Waals surface area contributed by atoms with Gasteiger partial charge in [0.25, 0.3) is 5.91 Å². The van der Waals surface area contributed by atoms with Crippen LogP contribution in [-0.2, 0) is 9.53 Å². The fourth-order valence-corrected chi connectivity index (χ4v) is 4.06. The number of nitrogens with zero attached hydrogens (tertiary/aromatic N) is 2. The zero-order chi connectivity index (χ0) is 20.8. The van der Waals surface area contributed by atoms with Gasteiger partial charge in [-0.15, -0.1) is 0 Å². The van der Waals surface area contributed by atoms with Crippen LogP contribution >= 0.6 is 0 Å². The molecule has 0 spiro atoms. The number of nitrogens with one attached hydrogen (secondary N) is 1. The molecule has 0 radical (unpaired) electrons. The van der Waals surface area contributed by atoms with Gasteiger partial charge in [-0.1, -0.05) is 13.8 Å². The third-order valence-electron chi connectivity index (χ3n) is 5.59. The highest BCUT2D eigenvalue weighted by molar-refractivity contribution is 5.94. The largest absolute Gasteiger partial charge is 0.374 e. The van der Waals surface area contributed by atoms with Crippen molar-refractivity contribution in [3.8, 4) is 0 Å². The highest BCUT2D eigenvalue weighted by Gasteiger charge is 2.29. The van der Waals surface area contributed by atoms with Crippen molar-refractivity contribution in [3.05, 3.63) is 35.6 Å². The van der Waals surface area contributed by atoms with Crippen molar-refractivity contribution >= 4 is 11.8 Å². The number of ether oxygens (including phenoxy) is 1. The summed E-state index contributed by atoms with van der Waals surface area (Å²) < 4.78 is 18.8. The van der Waals surface area contributed by atoms with Crippen molar-refractivity contribution < 1.29 is 18.7 Å². The Morgan fingerprint density at radius 2 is 1.86 bits per heavy atom. The smallest absolute Gasteiger partial charge is 0.253 e. The lowest BCUT2D eigenvalue weighted by Gasteiger charge is -2.35. The van der Waals surface area contributed by atoms with Crippen LogP contribution in [0, 0.1) is 17.7 Å². The molecule has 0 aliphatic carbocycles. The highest BCUT2D eigenvalue weighted by atomic mass is 19.1. The van der Waals surface area contributed by atoms with Gasteiger partial charge in [0.05, 0.1) is 12.7 Å². The van der Waals surface area contributed by atoms with E-state index in [9.17, 15) is 14.0 Å². The second-order valence-electron chi connectivity index (χ2n) is 8.46. The van der Waals surface area contributed by atoms with Gasteiger partial charge in [-0.05, 0) is 43.0 Å². The molecule has 3 rings (SSSR count). The van der Waals surface area contributed by atoms with Crippen molar-refractivity contribution in [2.45, 2.75) is 32.8 Å². The maximum atomic E-state index is 13.0. The number of benzene rings is 1. The topological polar surface area (TPSA) is 61.9 Å². The first kappa shape index (κ1) is 21.7. The molecule has 6 nitrogen and oxygen atoms in total. The summed E-state index contributed by atoms with van der Waals surface area (Å²) in [4.78, 5) is 29.2. The Morgan fingerprint density at radius 1 is 1.17 bits per heavy atom. The Bertz CT molecular complexity index is 687. The van der Waals surface area contributed by atoms with Crippen LogP contribution < -0.4 is 5.32 Å². The van der Waals surface area contributed by atoms with Crippen molar-refractivity contribution in [1.29, 1.82) is 0 Å². The molecule has 2 heterocycles. The molecule has 1 N–H and O–H groups in total. The van der Waals surface area contributed by atoms with Crippen LogP contribution in [0.25, 0.3) is 0 Å². The second-order valence-corrected chi connectivity index (χ2v) is 8.46. The molecule has 2 aliphatic heterocycles. The number of likely N-dealkylation sites (tertiary alicyclic amines) is 1. The molecule has 1 atom stereocenters. The fraction of sp³-hybridized carbons (Fsp3) is 0.636. The van der Waals surface area contributed by atoms with E-state index in [2.05, 4.69) is 24.1 Å². The van der Waals surface area contributed by atoms with E-state index in [0.717, 1.165) is 19.6 Å². The van der Waals surface area contributed by atoms with Crippen LogP contribution in [0.4, 0.5) is 4.39 Å². The third kappa shape index (κ3) is 6.24. The van der Waals surface area contributed by atoms with E-state index in [1.54, 1.807) is 4.90 Å². The number of carbonyl (C=O) groups excluding carboxylic acids is 2. The van der Waals surface area contributed by atoms with Gasteiger partial charge in [0.2, 0.25) is 5.91 Å². The first-order chi connectivity index (χ1) is 13.9. The number of piperidine rings is 1. The van der Waals surface area contributed by atoms with Gasteiger partial charge in [-0.3, -0.25) is 14.5 Å². The predicted molar refractivity (Wildman–Crippen MR) is 109 cm³/mol. The Morgan fingerprint density at radius 3 is 2.52 bits per heavy atom. The van der Waals surface area contributed by atoms with Crippen LogP contribution in [0.3, 0.4) is 0 Å². The maximum Gasteiger partial charge on any atom is 0.253 e. The summed E-state index contributed by atoms with van der Waals surface area (Å²) in [6.45, 7) is 9.57. The lowest BCUT2D eigenvalue weighted by Crippen LogP contribution is -2.50. The van der Waals surface area contributed by atoms with Gasteiger partial charge >= 0.3 is 0 Å². The Hall–Kier alpha value is -1.99. The molecule has 2 fully saturated rings. The molecular weight excluding hydrogens is 373 g/mol. The van der Waals surface area contributed by atoms with Gasteiger partial charge in [0.1, 0.15) is 5.82 Å². The molecule has 0 bridgehead atoms. The molecule has 1 unspecified atom stereocenters. The van der Waals surface area contributed by atoms with Crippen LogP contribution in [0.1, 0.15) is 37.0 Å². The number of carbonyl (C=O) groups is 2. The standard InChI is InChI=1S/C22H32FN3O3/c1-16(2)14-25-11-12-29-20(15-25)13-24-21(27)17-7-9-26(10-8-17)22(28)18-3-5-19(23)6-4-18/h3-6,16-17,20H,7-15H2,1-2H3,(H,24,27). The Kier molecular flexibility index (Phi) is 7.61. The monoisotopic (exact) mass is 405 g/mol. The molecule has 2 aliphatic rings. The number of hydrogen-bond acceptors (Lipinski definition) is 4. The first-order valence-corrected chi connectivity index (χ1v) is 10.6. The summed E-state index contributed by atoms with van der Waals surface area (Å²) >= 11 is 0. The molecular formula is C22H32FN3O3. The Labute approximate surface area is 172 Å². The minimum absolute atomic E-state index is 0.0339. The van der Waals surface area contributed by atoms with E-state index in [-0.39, 0.29) is 29.7 Å². The molecule has 1 aromatic rings. The second kappa shape index (κ2) is 10.2. The van der Waals surface area contributed by atoms with E-state index < -0.39 is 0 Å². The molecule has 2 amide bonds. The SMILES string of the molecule is CC(C)CN1CCOC(CNC(=O)C2CCN(C(=O)c3ccc(F)cc3)CC2)C1. The summed E-state index contributed by atoms with van der Waals surface area (Å²) in [5.74, 6) is 0.119.